The zero-order chi connectivity index (χ0) is 19.1. The summed E-state index contributed by atoms with van der Waals surface area (Å²) in [5.74, 6) is -0.337. The first-order valence-corrected chi connectivity index (χ1v) is 9.79. The number of carbonyl (C=O) groups is 1. The van der Waals surface area contributed by atoms with E-state index in [1.165, 1.54) is 12.1 Å². The Labute approximate surface area is 160 Å². The standard InChI is InChI=1S/C22H28FN3O/c1-17(14-18-6-4-7-19(23)15-18)22(27)26(16-20-8-2-3-12-25-20)21-9-5-11-24-13-10-21/h2-4,6-8,12,15,17,21,24H,5,9-11,13-14,16H2,1H3. The Hall–Kier alpha value is -2.27. The number of amides is 1. The highest BCUT2D eigenvalue weighted by molar-refractivity contribution is 5.79. The van der Waals surface area contributed by atoms with Gasteiger partial charge in [-0.2, -0.15) is 0 Å². The number of pyridine rings is 1. The molecule has 5 heteroatoms. The molecule has 4 nitrogen and oxygen atoms in total. The van der Waals surface area contributed by atoms with Gasteiger partial charge in [-0.3, -0.25) is 9.78 Å². The summed E-state index contributed by atoms with van der Waals surface area (Å²) in [4.78, 5) is 19.7. The van der Waals surface area contributed by atoms with Crippen LogP contribution in [0.1, 0.15) is 37.4 Å². The van der Waals surface area contributed by atoms with Crippen molar-refractivity contribution in [2.45, 2.75) is 45.2 Å². The zero-order valence-corrected chi connectivity index (χ0v) is 15.9. The van der Waals surface area contributed by atoms with Gasteiger partial charge in [0.05, 0.1) is 12.2 Å². The highest BCUT2D eigenvalue weighted by Crippen LogP contribution is 2.21. The summed E-state index contributed by atoms with van der Waals surface area (Å²) in [6.07, 6.45) is 5.32. The molecule has 2 heterocycles. The fraction of sp³-hybridized carbons (Fsp3) is 0.455. The van der Waals surface area contributed by atoms with Crippen LogP contribution in [0.4, 0.5) is 4.39 Å². The molecule has 27 heavy (non-hydrogen) atoms. The molecular weight excluding hydrogens is 341 g/mol. The van der Waals surface area contributed by atoms with E-state index in [0.29, 0.717) is 13.0 Å². The molecule has 2 unspecified atom stereocenters. The third-order valence-electron chi connectivity index (χ3n) is 5.18. The lowest BCUT2D eigenvalue weighted by molar-refractivity contribution is -0.138. The van der Waals surface area contributed by atoms with Gasteiger partial charge in [-0.05, 0) is 68.6 Å². The van der Waals surface area contributed by atoms with Gasteiger partial charge in [-0.15, -0.1) is 0 Å². The van der Waals surface area contributed by atoms with Crippen LogP contribution in [0.15, 0.2) is 48.7 Å². The highest BCUT2D eigenvalue weighted by atomic mass is 19.1. The second-order valence-corrected chi connectivity index (χ2v) is 7.36. The van der Waals surface area contributed by atoms with Crippen LogP contribution in [-0.2, 0) is 17.8 Å². The Kier molecular flexibility index (Phi) is 6.93. The Morgan fingerprint density at radius 2 is 2.15 bits per heavy atom. The summed E-state index contributed by atoms with van der Waals surface area (Å²) in [5.41, 5.74) is 1.76. The molecule has 144 valence electrons. The molecule has 1 aromatic carbocycles. The summed E-state index contributed by atoms with van der Waals surface area (Å²) in [6, 6.07) is 12.5. The molecule has 1 amide bonds. The van der Waals surface area contributed by atoms with E-state index in [-0.39, 0.29) is 23.7 Å². The Bertz CT molecular complexity index is 729. The van der Waals surface area contributed by atoms with Crippen LogP contribution in [0.25, 0.3) is 0 Å². The number of benzene rings is 1. The average Bonchev–Trinajstić information content (AvgIpc) is 2.96. The Morgan fingerprint density at radius 3 is 2.93 bits per heavy atom. The normalized spacial score (nSPS) is 18.5. The quantitative estimate of drug-likeness (QED) is 0.847. The van der Waals surface area contributed by atoms with Gasteiger partial charge in [0.2, 0.25) is 5.91 Å². The van der Waals surface area contributed by atoms with Gasteiger partial charge in [0.25, 0.3) is 0 Å². The van der Waals surface area contributed by atoms with Crippen LogP contribution in [0, 0.1) is 11.7 Å². The van der Waals surface area contributed by atoms with Crippen molar-refractivity contribution in [1.82, 2.24) is 15.2 Å². The molecule has 0 radical (unpaired) electrons. The third kappa shape index (κ3) is 5.60. The first-order chi connectivity index (χ1) is 13.1. The predicted octanol–water partition coefficient (Wildman–Crippen LogP) is 3.57. The van der Waals surface area contributed by atoms with E-state index >= 15 is 0 Å². The van der Waals surface area contributed by atoms with Gasteiger partial charge >= 0.3 is 0 Å². The molecule has 1 fully saturated rings. The highest BCUT2D eigenvalue weighted by Gasteiger charge is 2.28. The molecule has 1 aromatic heterocycles. The van der Waals surface area contributed by atoms with Crippen LogP contribution in [0.2, 0.25) is 0 Å². The van der Waals surface area contributed by atoms with Crippen LogP contribution < -0.4 is 5.32 Å². The first kappa shape index (κ1) is 19.5. The number of rotatable bonds is 6. The number of nitrogens with one attached hydrogen (secondary N) is 1. The summed E-state index contributed by atoms with van der Waals surface area (Å²) < 4.78 is 13.5. The number of halogens is 1. The van der Waals surface area contributed by atoms with Gasteiger partial charge in [-0.25, -0.2) is 4.39 Å². The molecule has 0 aliphatic carbocycles. The molecule has 1 N–H and O–H groups in total. The van der Waals surface area contributed by atoms with Crippen molar-refractivity contribution in [3.8, 4) is 0 Å². The van der Waals surface area contributed by atoms with Gasteiger partial charge in [0.1, 0.15) is 5.82 Å². The van der Waals surface area contributed by atoms with Gasteiger partial charge < -0.3 is 10.2 Å². The lowest BCUT2D eigenvalue weighted by Gasteiger charge is -2.33. The monoisotopic (exact) mass is 369 g/mol. The second kappa shape index (κ2) is 9.60. The van der Waals surface area contributed by atoms with Crippen molar-refractivity contribution in [2.75, 3.05) is 13.1 Å². The second-order valence-electron chi connectivity index (χ2n) is 7.36. The molecule has 1 aliphatic rings. The predicted molar refractivity (Wildman–Crippen MR) is 105 cm³/mol. The van der Waals surface area contributed by atoms with Crippen LogP contribution >= 0.6 is 0 Å². The third-order valence-corrected chi connectivity index (χ3v) is 5.18. The Morgan fingerprint density at radius 1 is 1.26 bits per heavy atom. The largest absolute Gasteiger partial charge is 0.334 e. The Balaban J connectivity index is 1.76. The molecule has 0 saturated carbocycles. The topological polar surface area (TPSA) is 45.2 Å². The molecule has 3 rings (SSSR count). The number of hydrogen-bond donors (Lipinski definition) is 1. The molecule has 0 spiro atoms. The van der Waals surface area contributed by atoms with Crippen LogP contribution in [-0.4, -0.2) is 34.9 Å². The van der Waals surface area contributed by atoms with Crippen LogP contribution in [0.3, 0.4) is 0 Å². The maximum absolute atomic E-state index is 13.5. The lowest BCUT2D eigenvalue weighted by atomic mass is 9.97. The summed E-state index contributed by atoms with van der Waals surface area (Å²) >= 11 is 0. The zero-order valence-electron chi connectivity index (χ0n) is 15.9. The van der Waals surface area contributed by atoms with Crippen molar-refractivity contribution in [3.05, 3.63) is 65.7 Å². The van der Waals surface area contributed by atoms with E-state index in [2.05, 4.69) is 10.3 Å². The molecule has 0 bridgehead atoms. The van der Waals surface area contributed by atoms with E-state index in [1.807, 2.05) is 36.1 Å². The van der Waals surface area contributed by atoms with Crippen molar-refractivity contribution in [2.24, 2.45) is 5.92 Å². The minimum absolute atomic E-state index is 0.122. The molecule has 2 atom stereocenters. The fourth-order valence-electron chi connectivity index (χ4n) is 3.75. The summed E-state index contributed by atoms with van der Waals surface area (Å²) in [6.45, 7) is 4.39. The smallest absolute Gasteiger partial charge is 0.226 e. The number of nitrogens with zero attached hydrogens (tertiary/aromatic N) is 2. The maximum atomic E-state index is 13.5. The van der Waals surface area contributed by atoms with Gasteiger partial charge in [0, 0.05) is 18.2 Å². The van der Waals surface area contributed by atoms with E-state index in [9.17, 15) is 9.18 Å². The molecular formula is C22H28FN3O. The molecule has 2 aromatic rings. The maximum Gasteiger partial charge on any atom is 0.226 e. The number of hydrogen-bond acceptors (Lipinski definition) is 3. The van der Waals surface area contributed by atoms with Crippen molar-refractivity contribution >= 4 is 5.91 Å². The number of carbonyl (C=O) groups excluding carboxylic acids is 1. The minimum atomic E-state index is -0.257. The van der Waals surface area contributed by atoms with Crippen molar-refractivity contribution in [1.29, 1.82) is 0 Å². The van der Waals surface area contributed by atoms with E-state index in [1.54, 1.807) is 12.3 Å². The summed E-state index contributed by atoms with van der Waals surface area (Å²) in [5, 5.41) is 3.41. The SMILES string of the molecule is CC(Cc1cccc(F)c1)C(=O)N(Cc1ccccn1)C1CCCNCC1. The van der Waals surface area contributed by atoms with E-state index in [0.717, 1.165) is 43.6 Å². The van der Waals surface area contributed by atoms with Crippen molar-refractivity contribution in [3.63, 3.8) is 0 Å². The lowest BCUT2D eigenvalue weighted by Crippen LogP contribution is -2.43. The van der Waals surface area contributed by atoms with Gasteiger partial charge in [-0.1, -0.05) is 25.1 Å². The molecule has 1 saturated heterocycles. The van der Waals surface area contributed by atoms with E-state index in [4.69, 9.17) is 0 Å². The summed E-state index contributed by atoms with van der Waals surface area (Å²) in [7, 11) is 0. The molecule has 1 aliphatic heterocycles. The van der Waals surface area contributed by atoms with Gasteiger partial charge in [0.15, 0.2) is 0 Å². The van der Waals surface area contributed by atoms with Crippen molar-refractivity contribution < 1.29 is 9.18 Å². The number of aromatic nitrogens is 1. The fourth-order valence-corrected chi connectivity index (χ4v) is 3.75. The average molecular weight is 369 g/mol. The van der Waals surface area contributed by atoms with Crippen LogP contribution in [0.5, 0.6) is 0 Å². The minimum Gasteiger partial charge on any atom is -0.334 e. The van der Waals surface area contributed by atoms with E-state index < -0.39 is 0 Å². The first-order valence-electron chi connectivity index (χ1n) is 9.79.